The zero-order valence-electron chi connectivity index (χ0n) is 12.5. The first-order chi connectivity index (χ1) is 11.2. The lowest BCUT2D eigenvalue weighted by molar-refractivity contribution is -0.119. The van der Waals surface area contributed by atoms with Crippen LogP contribution in [0, 0.1) is 0 Å². The van der Waals surface area contributed by atoms with Crippen molar-refractivity contribution in [2.24, 2.45) is 0 Å². The second-order valence-electron chi connectivity index (χ2n) is 4.91. The Kier molecular flexibility index (Phi) is 4.77. The SMILES string of the molecule is C[C@H](NC(=O)CSc1nncn1-c1ccccc1)c1ccco1. The van der Waals surface area contributed by atoms with Gasteiger partial charge in [0.15, 0.2) is 5.16 Å². The second kappa shape index (κ2) is 7.15. The van der Waals surface area contributed by atoms with E-state index >= 15 is 0 Å². The molecule has 1 N–H and O–H groups in total. The summed E-state index contributed by atoms with van der Waals surface area (Å²) in [6, 6.07) is 13.2. The quantitative estimate of drug-likeness (QED) is 0.704. The van der Waals surface area contributed by atoms with Crippen molar-refractivity contribution in [1.29, 1.82) is 0 Å². The van der Waals surface area contributed by atoms with E-state index in [-0.39, 0.29) is 17.7 Å². The molecule has 0 bridgehead atoms. The van der Waals surface area contributed by atoms with Crippen molar-refractivity contribution in [2.75, 3.05) is 5.75 Å². The maximum atomic E-state index is 12.1. The van der Waals surface area contributed by atoms with Crippen molar-refractivity contribution in [1.82, 2.24) is 20.1 Å². The lowest BCUT2D eigenvalue weighted by atomic mass is 10.2. The van der Waals surface area contributed by atoms with E-state index in [1.165, 1.54) is 11.8 Å². The van der Waals surface area contributed by atoms with E-state index in [0.29, 0.717) is 5.16 Å². The Hall–Kier alpha value is -2.54. The van der Waals surface area contributed by atoms with Gasteiger partial charge in [0.25, 0.3) is 0 Å². The number of benzene rings is 1. The summed E-state index contributed by atoms with van der Waals surface area (Å²) in [5, 5.41) is 11.6. The zero-order valence-corrected chi connectivity index (χ0v) is 13.4. The van der Waals surface area contributed by atoms with Crippen molar-refractivity contribution in [3.63, 3.8) is 0 Å². The molecule has 0 fully saturated rings. The van der Waals surface area contributed by atoms with Crippen molar-refractivity contribution in [2.45, 2.75) is 18.1 Å². The Bertz CT molecular complexity index is 756. The molecule has 0 unspecified atom stereocenters. The highest BCUT2D eigenvalue weighted by atomic mass is 32.2. The first-order valence-electron chi connectivity index (χ1n) is 7.15. The molecule has 0 spiro atoms. The summed E-state index contributed by atoms with van der Waals surface area (Å²) in [4.78, 5) is 12.1. The lowest BCUT2D eigenvalue weighted by Crippen LogP contribution is -2.28. The Labute approximate surface area is 137 Å². The molecular formula is C16H16N4O2S. The Morgan fingerprint density at radius 3 is 2.87 bits per heavy atom. The van der Waals surface area contributed by atoms with Crippen LogP contribution in [0.15, 0.2) is 64.6 Å². The molecule has 0 radical (unpaired) electrons. The monoisotopic (exact) mass is 328 g/mol. The van der Waals surface area contributed by atoms with Crippen molar-refractivity contribution in [3.05, 3.63) is 60.8 Å². The third-order valence-electron chi connectivity index (χ3n) is 3.23. The van der Waals surface area contributed by atoms with E-state index in [1.807, 2.05) is 47.9 Å². The molecule has 2 heterocycles. The van der Waals surface area contributed by atoms with E-state index in [9.17, 15) is 4.79 Å². The number of hydrogen-bond acceptors (Lipinski definition) is 5. The molecule has 23 heavy (non-hydrogen) atoms. The van der Waals surface area contributed by atoms with E-state index in [4.69, 9.17) is 4.42 Å². The maximum absolute atomic E-state index is 12.1. The number of nitrogens with one attached hydrogen (secondary N) is 1. The van der Waals surface area contributed by atoms with E-state index < -0.39 is 0 Å². The van der Waals surface area contributed by atoms with Gasteiger partial charge in [0, 0.05) is 5.69 Å². The molecule has 3 rings (SSSR count). The number of amides is 1. The number of carbonyl (C=O) groups excluding carboxylic acids is 1. The number of rotatable bonds is 6. The summed E-state index contributed by atoms with van der Waals surface area (Å²) in [5.41, 5.74) is 0.962. The van der Waals surface area contributed by atoms with E-state index in [1.54, 1.807) is 18.7 Å². The van der Waals surface area contributed by atoms with Crippen LogP contribution in [0.1, 0.15) is 18.7 Å². The molecular weight excluding hydrogens is 312 g/mol. The number of aromatic nitrogens is 3. The molecule has 0 saturated carbocycles. The molecule has 0 aliphatic heterocycles. The summed E-state index contributed by atoms with van der Waals surface area (Å²) >= 11 is 1.34. The maximum Gasteiger partial charge on any atom is 0.231 e. The molecule has 1 atom stereocenters. The largest absolute Gasteiger partial charge is 0.467 e. The van der Waals surface area contributed by atoms with Gasteiger partial charge < -0.3 is 9.73 Å². The molecule has 118 valence electrons. The molecule has 0 saturated heterocycles. The number of thioether (sulfide) groups is 1. The van der Waals surface area contributed by atoms with Crippen LogP contribution in [0.5, 0.6) is 0 Å². The molecule has 2 aromatic heterocycles. The average Bonchev–Trinajstić information content (AvgIpc) is 3.25. The number of furan rings is 1. The minimum atomic E-state index is -0.162. The van der Waals surface area contributed by atoms with Gasteiger partial charge in [-0.1, -0.05) is 30.0 Å². The Morgan fingerprint density at radius 2 is 2.13 bits per heavy atom. The summed E-state index contributed by atoms with van der Waals surface area (Å²) < 4.78 is 7.13. The Balaban J connectivity index is 1.59. The smallest absolute Gasteiger partial charge is 0.231 e. The van der Waals surface area contributed by atoms with Gasteiger partial charge in [0.05, 0.1) is 18.1 Å². The van der Waals surface area contributed by atoms with Crippen LogP contribution in [-0.4, -0.2) is 26.4 Å². The summed E-state index contributed by atoms with van der Waals surface area (Å²) in [6.07, 6.45) is 3.23. The van der Waals surface area contributed by atoms with Gasteiger partial charge >= 0.3 is 0 Å². The molecule has 0 aliphatic carbocycles. The fraction of sp³-hybridized carbons (Fsp3) is 0.188. The molecule has 0 aliphatic rings. The van der Waals surface area contributed by atoms with Crippen LogP contribution in [-0.2, 0) is 4.79 Å². The van der Waals surface area contributed by atoms with Gasteiger partial charge in [-0.3, -0.25) is 9.36 Å². The first kappa shape index (κ1) is 15.4. The van der Waals surface area contributed by atoms with Gasteiger partial charge in [-0.2, -0.15) is 0 Å². The van der Waals surface area contributed by atoms with Gasteiger partial charge in [0.1, 0.15) is 12.1 Å². The topological polar surface area (TPSA) is 73.0 Å². The van der Waals surface area contributed by atoms with Crippen molar-refractivity contribution >= 4 is 17.7 Å². The first-order valence-corrected chi connectivity index (χ1v) is 8.13. The highest BCUT2D eigenvalue weighted by Gasteiger charge is 2.14. The number of carbonyl (C=O) groups is 1. The summed E-state index contributed by atoms with van der Waals surface area (Å²) in [7, 11) is 0. The summed E-state index contributed by atoms with van der Waals surface area (Å²) in [6.45, 7) is 1.88. The van der Waals surface area contributed by atoms with Crippen LogP contribution >= 0.6 is 11.8 Å². The standard InChI is InChI=1S/C16H16N4O2S/c1-12(14-8-5-9-22-14)18-15(21)10-23-16-19-17-11-20(16)13-6-3-2-4-7-13/h2-9,11-12H,10H2,1H3,(H,18,21)/t12-/m0/s1. The fourth-order valence-electron chi connectivity index (χ4n) is 2.11. The van der Waals surface area contributed by atoms with Crippen LogP contribution in [0.3, 0.4) is 0 Å². The normalized spacial score (nSPS) is 12.0. The zero-order chi connectivity index (χ0) is 16.1. The highest BCUT2D eigenvalue weighted by Crippen LogP contribution is 2.19. The van der Waals surface area contributed by atoms with Gasteiger partial charge in [-0.05, 0) is 31.2 Å². The average molecular weight is 328 g/mol. The van der Waals surface area contributed by atoms with Gasteiger partial charge in [-0.25, -0.2) is 0 Å². The number of hydrogen-bond donors (Lipinski definition) is 1. The van der Waals surface area contributed by atoms with Gasteiger partial charge in [-0.15, -0.1) is 10.2 Å². The Morgan fingerprint density at radius 1 is 1.30 bits per heavy atom. The van der Waals surface area contributed by atoms with Crippen LogP contribution in [0.25, 0.3) is 5.69 Å². The lowest BCUT2D eigenvalue weighted by Gasteiger charge is -2.11. The van der Waals surface area contributed by atoms with Crippen LogP contribution in [0.2, 0.25) is 0 Å². The highest BCUT2D eigenvalue weighted by molar-refractivity contribution is 7.99. The van der Waals surface area contributed by atoms with Gasteiger partial charge in [0.2, 0.25) is 5.91 Å². The predicted octanol–water partition coefficient (Wildman–Crippen LogP) is 2.83. The third kappa shape index (κ3) is 3.81. The van der Waals surface area contributed by atoms with E-state index in [0.717, 1.165) is 11.4 Å². The molecule has 7 heteroatoms. The van der Waals surface area contributed by atoms with Crippen molar-refractivity contribution in [3.8, 4) is 5.69 Å². The van der Waals surface area contributed by atoms with Crippen LogP contribution < -0.4 is 5.32 Å². The third-order valence-corrected chi connectivity index (χ3v) is 4.17. The predicted molar refractivity (Wildman–Crippen MR) is 87.3 cm³/mol. The molecule has 3 aromatic rings. The second-order valence-corrected chi connectivity index (χ2v) is 5.85. The number of nitrogens with zero attached hydrogens (tertiary/aromatic N) is 3. The molecule has 6 nitrogen and oxygen atoms in total. The van der Waals surface area contributed by atoms with E-state index in [2.05, 4.69) is 15.5 Å². The fourth-order valence-corrected chi connectivity index (χ4v) is 2.85. The number of para-hydroxylation sites is 1. The molecule has 1 amide bonds. The minimum Gasteiger partial charge on any atom is -0.467 e. The van der Waals surface area contributed by atoms with Crippen molar-refractivity contribution < 1.29 is 9.21 Å². The summed E-state index contributed by atoms with van der Waals surface area (Å²) in [5.74, 6) is 0.911. The minimum absolute atomic E-state index is 0.0819. The molecule has 1 aromatic carbocycles. The van der Waals surface area contributed by atoms with Crippen LogP contribution in [0.4, 0.5) is 0 Å².